The number of aromatic nitrogens is 2. The van der Waals surface area contributed by atoms with E-state index >= 15 is 0 Å². The van der Waals surface area contributed by atoms with Crippen molar-refractivity contribution in [1.29, 1.82) is 0 Å². The molecular weight excluding hydrogens is 494 g/mol. The largest absolute Gasteiger partial charge is 0.480 e. The number of aliphatic hydroxyl groups is 1. The van der Waals surface area contributed by atoms with Crippen LogP contribution < -0.4 is 17.2 Å². The molecule has 0 fully saturated rings. The number of aliphatic hydroxyl groups excluding tert-OH is 1. The predicted molar refractivity (Wildman–Crippen MR) is 143 cm³/mol. The minimum absolute atomic E-state index is 0.347. The SMILES string of the molecule is CC(O)C(N)C(=O)O.N[C@@H](Cc1c[nH]c2ccccc12)C(=O)O.N[C@H](Cc1c[nH]c2ccccc12)C(=O)O. The Labute approximate surface area is 218 Å². The molecule has 4 rings (SSSR count). The molecule has 204 valence electrons. The van der Waals surface area contributed by atoms with E-state index in [2.05, 4.69) is 9.97 Å². The smallest absolute Gasteiger partial charge is 0.323 e. The molecule has 2 heterocycles. The van der Waals surface area contributed by atoms with Gasteiger partial charge >= 0.3 is 17.9 Å². The molecule has 2 aromatic carbocycles. The van der Waals surface area contributed by atoms with Crippen LogP contribution in [0.3, 0.4) is 0 Å². The quantitative estimate of drug-likeness (QED) is 0.157. The Balaban J connectivity index is 0.000000211. The summed E-state index contributed by atoms with van der Waals surface area (Å²) >= 11 is 0. The third kappa shape index (κ3) is 8.42. The zero-order valence-corrected chi connectivity index (χ0v) is 20.7. The molecule has 12 N–H and O–H groups in total. The first-order valence-corrected chi connectivity index (χ1v) is 11.7. The Morgan fingerprint density at radius 2 is 1.08 bits per heavy atom. The molecule has 12 nitrogen and oxygen atoms in total. The van der Waals surface area contributed by atoms with Gasteiger partial charge in [-0.05, 0) is 30.2 Å². The fourth-order valence-corrected chi connectivity index (χ4v) is 3.46. The van der Waals surface area contributed by atoms with Gasteiger partial charge in [-0.2, -0.15) is 0 Å². The molecule has 0 amide bonds. The van der Waals surface area contributed by atoms with Crippen molar-refractivity contribution in [3.63, 3.8) is 0 Å². The summed E-state index contributed by atoms with van der Waals surface area (Å²) in [4.78, 5) is 37.3. The number of aromatic amines is 2. The highest BCUT2D eigenvalue weighted by Gasteiger charge is 2.16. The van der Waals surface area contributed by atoms with E-state index in [9.17, 15) is 14.4 Å². The number of hydrogen-bond acceptors (Lipinski definition) is 7. The molecule has 38 heavy (non-hydrogen) atoms. The summed E-state index contributed by atoms with van der Waals surface area (Å²) in [6.45, 7) is 1.33. The molecule has 2 aromatic heterocycles. The first-order chi connectivity index (χ1) is 17.9. The van der Waals surface area contributed by atoms with E-state index in [1.54, 1.807) is 0 Å². The maximum absolute atomic E-state index is 10.6. The predicted octanol–water partition coefficient (Wildman–Crippen LogP) is 1.02. The van der Waals surface area contributed by atoms with Crippen molar-refractivity contribution in [2.75, 3.05) is 0 Å². The molecule has 0 aliphatic rings. The van der Waals surface area contributed by atoms with Crippen molar-refractivity contribution in [1.82, 2.24) is 9.97 Å². The normalized spacial score (nSPS) is 13.8. The lowest BCUT2D eigenvalue weighted by molar-refractivity contribution is -0.141. The number of H-pyrrole nitrogens is 2. The highest BCUT2D eigenvalue weighted by atomic mass is 16.4. The Bertz CT molecular complexity index is 1270. The third-order valence-corrected chi connectivity index (χ3v) is 5.67. The van der Waals surface area contributed by atoms with E-state index in [0.29, 0.717) is 12.8 Å². The molecule has 2 unspecified atom stereocenters. The Kier molecular flexibility index (Phi) is 11.0. The summed E-state index contributed by atoms with van der Waals surface area (Å²) in [7, 11) is 0. The van der Waals surface area contributed by atoms with Crippen LogP contribution in [0, 0.1) is 0 Å². The fourth-order valence-electron chi connectivity index (χ4n) is 3.46. The number of rotatable bonds is 8. The Morgan fingerprint density at radius 3 is 1.37 bits per heavy atom. The van der Waals surface area contributed by atoms with E-state index in [1.165, 1.54) is 6.92 Å². The molecule has 0 aliphatic heterocycles. The molecule has 0 aliphatic carbocycles. The second-order valence-electron chi connectivity index (χ2n) is 8.62. The van der Waals surface area contributed by atoms with Gasteiger partial charge < -0.3 is 47.6 Å². The van der Waals surface area contributed by atoms with Crippen LogP contribution in [0.25, 0.3) is 21.8 Å². The van der Waals surface area contributed by atoms with E-state index in [0.717, 1.165) is 32.9 Å². The number of benzene rings is 2. The van der Waals surface area contributed by atoms with Crippen molar-refractivity contribution in [2.24, 2.45) is 17.2 Å². The van der Waals surface area contributed by atoms with E-state index < -0.39 is 42.1 Å². The van der Waals surface area contributed by atoms with Gasteiger partial charge in [0.15, 0.2) is 0 Å². The number of carboxylic acids is 3. The van der Waals surface area contributed by atoms with Crippen LogP contribution in [0.1, 0.15) is 18.1 Å². The van der Waals surface area contributed by atoms with Gasteiger partial charge in [-0.25, -0.2) is 0 Å². The van der Waals surface area contributed by atoms with Gasteiger partial charge in [-0.15, -0.1) is 0 Å². The third-order valence-electron chi connectivity index (χ3n) is 5.67. The average molecular weight is 528 g/mol. The van der Waals surface area contributed by atoms with Crippen molar-refractivity contribution in [3.05, 3.63) is 72.1 Å². The van der Waals surface area contributed by atoms with Crippen molar-refractivity contribution < 1.29 is 34.8 Å². The number of fused-ring (bicyclic) bond motifs is 2. The monoisotopic (exact) mass is 527 g/mol. The zero-order chi connectivity index (χ0) is 28.4. The van der Waals surface area contributed by atoms with Crippen LogP contribution in [0.15, 0.2) is 60.9 Å². The van der Waals surface area contributed by atoms with Gasteiger partial charge in [0.05, 0.1) is 6.10 Å². The summed E-state index contributed by atoms with van der Waals surface area (Å²) in [5.74, 6) is -3.12. The molecule has 4 aromatic rings. The number of carbonyl (C=O) groups is 3. The first-order valence-electron chi connectivity index (χ1n) is 11.7. The number of nitrogens with one attached hydrogen (secondary N) is 2. The van der Waals surface area contributed by atoms with Gasteiger partial charge in [0.2, 0.25) is 0 Å². The van der Waals surface area contributed by atoms with E-state index in [-0.39, 0.29) is 0 Å². The first kappa shape index (κ1) is 30.0. The van der Waals surface area contributed by atoms with Crippen LogP contribution >= 0.6 is 0 Å². The topological polar surface area (TPSA) is 242 Å². The average Bonchev–Trinajstić information content (AvgIpc) is 3.48. The highest BCUT2D eigenvalue weighted by Crippen LogP contribution is 2.19. The molecule has 0 saturated heterocycles. The minimum atomic E-state index is -1.18. The van der Waals surface area contributed by atoms with Gasteiger partial charge in [-0.3, -0.25) is 14.4 Å². The molecular formula is C26H33N5O7. The lowest BCUT2D eigenvalue weighted by atomic mass is 10.1. The highest BCUT2D eigenvalue weighted by molar-refractivity contribution is 5.85. The molecule has 0 spiro atoms. The lowest BCUT2D eigenvalue weighted by Crippen LogP contribution is -2.39. The van der Waals surface area contributed by atoms with E-state index in [4.69, 9.17) is 37.6 Å². The van der Waals surface area contributed by atoms with Crippen LogP contribution in [-0.2, 0) is 27.2 Å². The molecule has 0 radical (unpaired) electrons. The van der Waals surface area contributed by atoms with Crippen molar-refractivity contribution in [3.8, 4) is 0 Å². The second kappa shape index (κ2) is 13.9. The number of nitrogens with two attached hydrogens (primary N) is 3. The van der Waals surface area contributed by atoms with Crippen molar-refractivity contribution in [2.45, 2.75) is 44.0 Å². The standard InChI is InChI=1S/2C11H12N2O2.C4H9NO3/c2*12-9(11(14)15)5-7-6-13-10-4-2-1-3-8(7)10;1-2(6)3(5)4(7)8/h2*1-4,6,9,13H,5,12H2,(H,14,15);2-3,6H,5H2,1H3,(H,7,8)/t2*9-;/m10./s1. The van der Waals surface area contributed by atoms with E-state index in [1.807, 2.05) is 60.9 Å². The van der Waals surface area contributed by atoms with Gasteiger partial charge in [0, 0.05) is 47.0 Å². The van der Waals surface area contributed by atoms with Crippen LogP contribution in [0.5, 0.6) is 0 Å². The zero-order valence-electron chi connectivity index (χ0n) is 20.7. The van der Waals surface area contributed by atoms with Crippen molar-refractivity contribution >= 4 is 39.7 Å². The molecule has 0 saturated carbocycles. The van der Waals surface area contributed by atoms with Gasteiger partial charge in [0.1, 0.15) is 18.1 Å². The lowest BCUT2D eigenvalue weighted by Gasteiger charge is -2.06. The number of hydrogen-bond donors (Lipinski definition) is 9. The fraction of sp³-hybridized carbons (Fsp3) is 0.269. The Morgan fingerprint density at radius 1 is 0.711 bits per heavy atom. The molecule has 0 bridgehead atoms. The minimum Gasteiger partial charge on any atom is -0.480 e. The molecule has 12 heteroatoms. The summed E-state index contributed by atoms with van der Waals surface area (Å²) in [6, 6.07) is 12.7. The Hall–Kier alpha value is -4.23. The molecule has 4 atom stereocenters. The number of carboxylic acid groups (broad SMARTS) is 3. The summed E-state index contributed by atoms with van der Waals surface area (Å²) in [5.41, 5.74) is 19.8. The summed E-state index contributed by atoms with van der Waals surface area (Å²) < 4.78 is 0. The summed E-state index contributed by atoms with van der Waals surface area (Å²) in [5, 5.41) is 36.1. The summed E-state index contributed by atoms with van der Waals surface area (Å²) in [6.07, 6.45) is 3.34. The van der Waals surface area contributed by atoms with Gasteiger partial charge in [-0.1, -0.05) is 36.4 Å². The van der Waals surface area contributed by atoms with Crippen LogP contribution in [0.2, 0.25) is 0 Å². The van der Waals surface area contributed by atoms with Crippen LogP contribution in [0.4, 0.5) is 0 Å². The number of aliphatic carboxylic acids is 3. The van der Waals surface area contributed by atoms with Gasteiger partial charge in [0.25, 0.3) is 0 Å². The maximum atomic E-state index is 10.6. The number of para-hydroxylation sites is 2. The second-order valence-corrected chi connectivity index (χ2v) is 8.62. The maximum Gasteiger partial charge on any atom is 0.323 e. The van der Waals surface area contributed by atoms with Crippen LogP contribution in [-0.4, -0.2) is 72.5 Å².